The number of rotatable bonds is 2. The number of methoxy groups -OCH3 is 2. The van der Waals surface area contributed by atoms with Crippen LogP contribution >= 0.6 is 0 Å². The first-order chi connectivity index (χ1) is 4.86. The molecule has 1 rings (SSSR count). The first kappa shape index (κ1) is 7.98. The van der Waals surface area contributed by atoms with Gasteiger partial charge in [0.1, 0.15) is 12.5 Å². The summed E-state index contributed by atoms with van der Waals surface area (Å²) in [6.07, 6.45) is 4.39. The van der Waals surface area contributed by atoms with Gasteiger partial charge in [0, 0.05) is 14.2 Å². The summed E-state index contributed by atoms with van der Waals surface area (Å²) in [6.45, 7) is 0. The predicted molar refractivity (Wildman–Crippen MR) is 38.3 cm³/mol. The normalized spacial score (nSPS) is 34.2. The van der Waals surface area contributed by atoms with E-state index in [1.54, 1.807) is 14.2 Å². The number of hydrogen-bond acceptors (Lipinski definition) is 3. The molecule has 3 nitrogen and oxygen atoms in total. The van der Waals surface area contributed by atoms with Gasteiger partial charge in [-0.05, 0) is 19.3 Å². The maximum Gasteiger partial charge on any atom is 0.109 e. The Bertz CT molecular complexity index is 87.6. The van der Waals surface area contributed by atoms with E-state index in [0.29, 0.717) is 0 Å². The van der Waals surface area contributed by atoms with Crippen molar-refractivity contribution >= 4 is 0 Å². The minimum absolute atomic E-state index is 0.138. The number of nitrogens with one attached hydrogen (secondary N) is 1. The zero-order valence-electron chi connectivity index (χ0n) is 6.46. The SMILES string of the molecule is COC1C[CH]CC(OC)N1. The van der Waals surface area contributed by atoms with Gasteiger partial charge in [-0.15, -0.1) is 0 Å². The van der Waals surface area contributed by atoms with E-state index >= 15 is 0 Å². The van der Waals surface area contributed by atoms with Crippen LogP contribution < -0.4 is 5.32 Å². The van der Waals surface area contributed by atoms with Gasteiger partial charge in [0.05, 0.1) is 0 Å². The third kappa shape index (κ3) is 1.94. The van der Waals surface area contributed by atoms with E-state index in [-0.39, 0.29) is 12.5 Å². The molecule has 1 saturated heterocycles. The molecule has 1 aliphatic heterocycles. The lowest BCUT2D eigenvalue weighted by molar-refractivity contribution is -0.0263. The van der Waals surface area contributed by atoms with Crippen LogP contribution in [0.4, 0.5) is 0 Å². The minimum atomic E-state index is 0.138. The largest absolute Gasteiger partial charge is 0.367 e. The summed E-state index contributed by atoms with van der Waals surface area (Å²) in [6, 6.07) is 0. The topological polar surface area (TPSA) is 30.5 Å². The Kier molecular flexibility index (Phi) is 3.12. The van der Waals surface area contributed by atoms with Crippen molar-refractivity contribution in [2.75, 3.05) is 14.2 Å². The zero-order valence-corrected chi connectivity index (χ0v) is 6.46. The Morgan fingerprint density at radius 3 is 2.10 bits per heavy atom. The van der Waals surface area contributed by atoms with Crippen molar-refractivity contribution < 1.29 is 9.47 Å². The second-order valence-electron chi connectivity index (χ2n) is 2.38. The van der Waals surface area contributed by atoms with E-state index in [1.165, 1.54) is 0 Å². The molecule has 0 aromatic rings. The molecule has 0 spiro atoms. The third-order valence-corrected chi connectivity index (χ3v) is 1.70. The van der Waals surface area contributed by atoms with Crippen molar-refractivity contribution in [3.05, 3.63) is 6.42 Å². The number of piperidine rings is 1. The summed E-state index contributed by atoms with van der Waals surface area (Å²) in [7, 11) is 3.40. The highest BCUT2D eigenvalue weighted by Gasteiger charge is 2.19. The summed E-state index contributed by atoms with van der Waals surface area (Å²) in [5.74, 6) is 0. The summed E-state index contributed by atoms with van der Waals surface area (Å²) in [5.41, 5.74) is 0. The summed E-state index contributed by atoms with van der Waals surface area (Å²) < 4.78 is 10.2. The van der Waals surface area contributed by atoms with Gasteiger partial charge < -0.3 is 9.47 Å². The number of ether oxygens (including phenoxy) is 2. The van der Waals surface area contributed by atoms with Crippen LogP contribution in [0.3, 0.4) is 0 Å². The van der Waals surface area contributed by atoms with Gasteiger partial charge in [0.15, 0.2) is 0 Å². The first-order valence-corrected chi connectivity index (χ1v) is 3.50. The van der Waals surface area contributed by atoms with E-state index in [9.17, 15) is 0 Å². The van der Waals surface area contributed by atoms with Crippen molar-refractivity contribution in [2.24, 2.45) is 0 Å². The van der Waals surface area contributed by atoms with Gasteiger partial charge in [0.2, 0.25) is 0 Å². The van der Waals surface area contributed by atoms with Crippen LogP contribution in [0.5, 0.6) is 0 Å². The standard InChI is InChI=1S/C7H14NO2/c1-9-6-4-3-5-7(8-6)10-2/h3,6-8H,4-5H2,1-2H3. The Hall–Kier alpha value is -0.120. The highest BCUT2D eigenvalue weighted by molar-refractivity contribution is 4.80. The molecule has 0 bridgehead atoms. The maximum absolute atomic E-state index is 5.10. The highest BCUT2D eigenvalue weighted by Crippen LogP contribution is 2.11. The average molecular weight is 144 g/mol. The lowest BCUT2D eigenvalue weighted by Gasteiger charge is -2.28. The molecule has 1 fully saturated rings. The Balaban J connectivity index is 2.25. The molecule has 0 amide bonds. The quantitative estimate of drug-likeness (QED) is 0.613. The van der Waals surface area contributed by atoms with Crippen molar-refractivity contribution in [1.82, 2.24) is 5.32 Å². The van der Waals surface area contributed by atoms with Crippen LogP contribution in [0.25, 0.3) is 0 Å². The molecular formula is C7H14NO2. The third-order valence-electron chi connectivity index (χ3n) is 1.70. The summed E-state index contributed by atoms with van der Waals surface area (Å²) in [5, 5.41) is 3.18. The molecule has 1 aliphatic rings. The molecular weight excluding hydrogens is 130 g/mol. The van der Waals surface area contributed by atoms with E-state index in [0.717, 1.165) is 12.8 Å². The van der Waals surface area contributed by atoms with Crippen molar-refractivity contribution in [3.8, 4) is 0 Å². The molecule has 0 aliphatic carbocycles. The average Bonchev–Trinajstić information content (AvgIpc) is 2.05. The van der Waals surface area contributed by atoms with E-state index < -0.39 is 0 Å². The van der Waals surface area contributed by atoms with Crippen molar-refractivity contribution in [2.45, 2.75) is 25.3 Å². The van der Waals surface area contributed by atoms with E-state index in [4.69, 9.17) is 9.47 Å². The summed E-state index contributed by atoms with van der Waals surface area (Å²) >= 11 is 0. The van der Waals surface area contributed by atoms with Crippen molar-refractivity contribution in [3.63, 3.8) is 0 Å². The second kappa shape index (κ2) is 3.91. The van der Waals surface area contributed by atoms with Crippen LogP contribution in [0, 0.1) is 6.42 Å². The fourth-order valence-corrected chi connectivity index (χ4v) is 1.07. The van der Waals surface area contributed by atoms with Gasteiger partial charge in [-0.3, -0.25) is 5.32 Å². The van der Waals surface area contributed by atoms with Crippen LogP contribution in [0.2, 0.25) is 0 Å². The fourth-order valence-electron chi connectivity index (χ4n) is 1.07. The molecule has 0 aromatic heterocycles. The molecule has 59 valence electrons. The van der Waals surface area contributed by atoms with Crippen LogP contribution in [0.1, 0.15) is 12.8 Å². The minimum Gasteiger partial charge on any atom is -0.367 e. The Labute approximate surface area is 61.7 Å². The van der Waals surface area contributed by atoms with Gasteiger partial charge in [-0.25, -0.2) is 0 Å². The lowest BCUT2D eigenvalue weighted by Crippen LogP contribution is -2.44. The molecule has 3 heteroatoms. The molecule has 10 heavy (non-hydrogen) atoms. The van der Waals surface area contributed by atoms with Gasteiger partial charge in [0.25, 0.3) is 0 Å². The molecule has 2 atom stereocenters. The second-order valence-corrected chi connectivity index (χ2v) is 2.38. The molecule has 0 saturated carbocycles. The van der Waals surface area contributed by atoms with E-state index in [2.05, 4.69) is 11.7 Å². The van der Waals surface area contributed by atoms with Crippen LogP contribution in [-0.2, 0) is 9.47 Å². The first-order valence-electron chi connectivity index (χ1n) is 3.50. The lowest BCUT2D eigenvalue weighted by atomic mass is 10.1. The number of hydrogen-bond donors (Lipinski definition) is 1. The van der Waals surface area contributed by atoms with E-state index in [1.807, 2.05) is 0 Å². The molecule has 0 aromatic carbocycles. The molecule has 1 heterocycles. The van der Waals surface area contributed by atoms with Crippen LogP contribution in [-0.4, -0.2) is 26.7 Å². The fraction of sp³-hybridized carbons (Fsp3) is 0.857. The summed E-state index contributed by atoms with van der Waals surface area (Å²) in [4.78, 5) is 0. The van der Waals surface area contributed by atoms with Crippen LogP contribution in [0.15, 0.2) is 0 Å². The predicted octanol–water partition coefficient (Wildman–Crippen LogP) is 0.519. The van der Waals surface area contributed by atoms with Gasteiger partial charge in [-0.2, -0.15) is 0 Å². The monoisotopic (exact) mass is 144 g/mol. The molecule has 2 unspecified atom stereocenters. The highest BCUT2D eigenvalue weighted by atomic mass is 16.5. The maximum atomic E-state index is 5.10. The molecule has 1 radical (unpaired) electrons. The zero-order chi connectivity index (χ0) is 7.40. The Morgan fingerprint density at radius 1 is 1.20 bits per heavy atom. The smallest absolute Gasteiger partial charge is 0.109 e. The van der Waals surface area contributed by atoms with Crippen molar-refractivity contribution in [1.29, 1.82) is 0 Å². The van der Waals surface area contributed by atoms with Gasteiger partial charge in [-0.1, -0.05) is 0 Å². The Morgan fingerprint density at radius 2 is 1.70 bits per heavy atom. The molecule has 1 N–H and O–H groups in total. The van der Waals surface area contributed by atoms with Gasteiger partial charge >= 0.3 is 0 Å².